The van der Waals surface area contributed by atoms with Crippen molar-refractivity contribution < 1.29 is 58.7 Å². The average Bonchev–Trinajstić information content (AvgIpc) is 3.06. The van der Waals surface area contributed by atoms with Crippen molar-refractivity contribution in [2.45, 2.75) is 98.4 Å². The number of hydrogen-bond donors (Lipinski definition) is 5. The first kappa shape index (κ1) is 40.4. The molecule has 13 nitrogen and oxygen atoms in total. The number of benzene rings is 1. The predicted molar refractivity (Wildman–Crippen MR) is 185 cm³/mol. The van der Waals surface area contributed by atoms with Gasteiger partial charge in [-0.2, -0.15) is 0 Å². The van der Waals surface area contributed by atoms with Crippen molar-refractivity contribution in [3.8, 4) is 11.5 Å². The number of carboxylic acid groups (broad SMARTS) is 1. The quantitative estimate of drug-likeness (QED) is 0.255. The molecule has 5 unspecified atom stereocenters. The van der Waals surface area contributed by atoms with Crippen LogP contribution in [0.15, 0.2) is 47.9 Å². The van der Waals surface area contributed by atoms with Crippen molar-refractivity contribution in [2.75, 3.05) is 0 Å². The maximum Gasteiger partial charge on any atom is 0.309 e. The number of carbonyl (C=O) groups is 6. The fourth-order valence-corrected chi connectivity index (χ4v) is 5.76. The smallest absolute Gasteiger partial charge is 0.309 e. The molecule has 0 saturated heterocycles. The number of aliphatic hydroxyl groups excluding tert-OH is 1. The Morgan fingerprint density at radius 1 is 0.980 bits per heavy atom. The molecular formula is C38H47NO12. The second kappa shape index (κ2) is 17.8. The first-order valence-electron chi connectivity index (χ1n) is 16.9. The van der Waals surface area contributed by atoms with Crippen LogP contribution in [0.1, 0.15) is 110 Å². The monoisotopic (exact) mass is 709 g/mol. The Hall–Kier alpha value is -5.04. The summed E-state index contributed by atoms with van der Waals surface area (Å²) >= 11 is 0. The molecule has 276 valence electrons. The molecule has 1 amide bonds. The van der Waals surface area contributed by atoms with E-state index in [1.807, 2.05) is 6.92 Å². The number of Topliss-reactive ketones (excluding diaryl/α,β-unsaturated/α-hetero) is 2. The molecule has 0 radical (unpaired) electrons. The minimum Gasteiger partial charge on any atom is -0.507 e. The molecule has 0 spiro atoms. The molecule has 4 rings (SSSR count). The summed E-state index contributed by atoms with van der Waals surface area (Å²) in [6.07, 6.45) is 8.07. The molecule has 0 fully saturated rings. The molecule has 6 atom stereocenters. The Morgan fingerprint density at radius 3 is 2.29 bits per heavy atom. The van der Waals surface area contributed by atoms with Crippen molar-refractivity contribution in [1.82, 2.24) is 5.32 Å². The third-order valence-corrected chi connectivity index (χ3v) is 9.14. The number of amides is 1. The van der Waals surface area contributed by atoms with Crippen LogP contribution in [0.2, 0.25) is 0 Å². The fourth-order valence-electron chi connectivity index (χ4n) is 5.76. The SMILES string of the molecule is C/C1=C/C=C/C(C(C)OC(=O)[C@@H](C)CC(=O)O)CCC(O)CCC(C)C/C=C/OC(C)C(=O)c2c(O)c(C)c(O)c3c2C(=O)C=C(NC1=O)C3=O. The van der Waals surface area contributed by atoms with Gasteiger partial charge in [0, 0.05) is 23.1 Å². The Morgan fingerprint density at radius 2 is 1.63 bits per heavy atom. The lowest BCUT2D eigenvalue weighted by Gasteiger charge is -2.24. The molecule has 5 N–H and O–H groups in total. The molecule has 3 aliphatic rings. The number of ether oxygens (including phenoxy) is 2. The van der Waals surface area contributed by atoms with Crippen LogP contribution < -0.4 is 5.32 Å². The lowest BCUT2D eigenvalue weighted by molar-refractivity contribution is -0.157. The number of aliphatic carboxylic acids is 1. The van der Waals surface area contributed by atoms with E-state index in [0.29, 0.717) is 32.1 Å². The average molecular weight is 710 g/mol. The van der Waals surface area contributed by atoms with E-state index in [0.717, 1.165) is 6.08 Å². The van der Waals surface area contributed by atoms with Crippen molar-refractivity contribution in [2.24, 2.45) is 17.8 Å². The predicted octanol–water partition coefficient (Wildman–Crippen LogP) is 5.01. The molecule has 51 heavy (non-hydrogen) atoms. The number of carboxylic acids is 1. The van der Waals surface area contributed by atoms with Crippen LogP contribution in [0.3, 0.4) is 0 Å². The number of esters is 1. The zero-order valence-electron chi connectivity index (χ0n) is 29.7. The van der Waals surface area contributed by atoms with Gasteiger partial charge in [0.05, 0.1) is 47.1 Å². The molecule has 0 saturated carbocycles. The highest BCUT2D eigenvalue weighted by atomic mass is 16.5. The number of nitrogens with one attached hydrogen (secondary N) is 1. The van der Waals surface area contributed by atoms with Gasteiger partial charge in [0.1, 0.15) is 17.6 Å². The maximum absolute atomic E-state index is 13.6. The van der Waals surface area contributed by atoms with Crippen molar-refractivity contribution in [3.05, 3.63) is 70.2 Å². The number of rotatable bonds is 5. The summed E-state index contributed by atoms with van der Waals surface area (Å²) < 4.78 is 11.2. The van der Waals surface area contributed by atoms with Gasteiger partial charge in [0.15, 0.2) is 11.9 Å². The summed E-state index contributed by atoms with van der Waals surface area (Å²) in [7, 11) is 0. The van der Waals surface area contributed by atoms with Crippen LogP contribution in [-0.2, 0) is 23.9 Å². The first-order valence-corrected chi connectivity index (χ1v) is 16.9. The summed E-state index contributed by atoms with van der Waals surface area (Å²) in [6.45, 7) is 9.25. The molecule has 2 heterocycles. The third kappa shape index (κ3) is 10.3. The molecule has 1 aromatic rings. The molecular weight excluding hydrogens is 662 g/mol. The van der Waals surface area contributed by atoms with Gasteiger partial charge in [0.25, 0.3) is 5.91 Å². The largest absolute Gasteiger partial charge is 0.507 e. The van der Waals surface area contributed by atoms with E-state index in [1.165, 1.54) is 40.0 Å². The molecule has 0 aromatic heterocycles. The van der Waals surface area contributed by atoms with Crippen molar-refractivity contribution in [3.63, 3.8) is 0 Å². The second-order valence-electron chi connectivity index (χ2n) is 13.4. The minimum atomic E-state index is -1.19. The van der Waals surface area contributed by atoms with Gasteiger partial charge in [-0.05, 0) is 71.8 Å². The second-order valence-corrected chi connectivity index (χ2v) is 13.4. The third-order valence-electron chi connectivity index (χ3n) is 9.14. The van der Waals surface area contributed by atoms with Gasteiger partial charge in [-0.25, -0.2) is 0 Å². The Balaban J connectivity index is 2.00. The minimum absolute atomic E-state index is 0.112. The number of hydrogen-bond acceptors (Lipinski definition) is 11. The van der Waals surface area contributed by atoms with E-state index < -0.39 is 106 Å². The number of ketones is 3. The fraction of sp³-hybridized carbons (Fsp3) is 0.474. The molecule has 2 aliphatic heterocycles. The topological polar surface area (TPSA) is 214 Å². The van der Waals surface area contributed by atoms with E-state index in [2.05, 4.69) is 5.32 Å². The summed E-state index contributed by atoms with van der Waals surface area (Å²) in [5, 5.41) is 43.9. The van der Waals surface area contributed by atoms with Gasteiger partial charge < -0.3 is 35.2 Å². The number of aliphatic hydroxyl groups is 1. The van der Waals surface area contributed by atoms with Crippen LogP contribution in [0.5, 0.6) is 11.5 Å². The molecule has 1 aromatic carbocycles. The lowest BCUT2D eigenvalue weighted by atomic mass is 9.83. The summed E-state index contributed by atoms with van der Waals surface area (Å²) in [4.78, 5) is 77.2. The Bertz CT molecular complexity index is 1680. The highest BCUT2D eigenvalue weighted by Crippen LogP contribution is 2.41. The normalized spacial score (nSPS) is 25.9. The van der Waals surface area contributed by atoms with E-state index in [1.54, 1.807) is 25.2 Å². The Labute approximate surface area is 296 Å². The molecule has 4 bridgehead atoms. The number of phenolic OH excluding ortho intramolecular Hbond substituents is 2. The molecule has 13 heteroatoms. The standard InChI is InChI=1S/C38H47NO12/c1-19-9-8-16-50-24(6)35(46)31-30-28(41)18-27(36(47)32(30)34(45)22(4)33(31)44)39-37(48)20(2)10-7-11-25(13-15-26(40)14-12-19)23(5)51-38(49)21(3)17-29(42)43/h7-8,10-11,16,18-19,21,23-26,40,44-45H,9,12-15,17H2,1-6H3,(H,39,48)(H,42,43)/b11-7+,16-8+,20-10-/t19?,21-,23?,24?,25?,26?/m0/s1. The van der Waals surface area contributed by atoms with Crippen LogP contribution in [0.4, 0.5) is 0 Å². The summed E-state index contributed by atoms with van der Waals surface area (Å²) in [5.41, 5.74) is -2.07. The summed E-state index contributed by atoms with van der Waals surface area (Å²) in [6, 6.07) is 0. The van der Waals surface area contributed by atoms with Gasteiger partial charge in [-0.15, -0.1) is 0 Å². The van der Waals surface area contributed by atoms with E-state index in [-0.39, 0.29) is 17.1 Å². The maximum atomic E-state index is 13.6. The number of carbonyl (C=O) groups excluding carboxylic acids is 5. The first-order chi connectivity index (χ1) is 23.9. The number of phenols is 2. The number of allylic oxidation sites excluding steroid dienone is 5. The van der Waals surface area contributed by atoms with E-state index in [9.17, 15) is 44.1 Å². The van der Waals surface area contributed by atoms with Crippen molar-refractivity contribution >= 4 is 35.2 Å². The highest BCUT2D eigenvalue weighted by molar-refractivity contribution is 6.30. The van der Waals surface area contributed by atoms with E-state index in [4.69, 9.17) is 14.6 Å². The zero-order chi connectivity index (χ0) is 38.2. The molecule has 1 aliphatic carbocycles. The van der Waals surface area contributed by atoms with Crippen LogP contribution in [-0.4, -0.2) is 73.9 Å². The van der Waals surface area contributed by atoms with Crippen LogP contribution in [0, 0.1) is 24.7 Å². The Kier molecular flexibility index (Phi) is 14.1. The van der Waals surface area contributed by atoms with Gasteiger partial charge in [0.2, 0.25) is 11.6 Å². The van der Waals surface area contributed by atoms with E-state index >= 15 is 0 Å². The highest BCUT2D eigenvalue weighted by Gasteiger charge is 2.38. The van der Waals surface area contributed by atoms with Gasteiger partial charge >= 0.3 is 11.9 Å². The lowest BCUT2D eigenvalue weighted by Crippen LogP contribution is -2.33. The van der Waals surface area contributed by atoms with Crippen molar-refractivity contribution in [1.29, 1.82) is 0 Å². The van der Waals surface area contributed by atoms with Gasteiger partial charge in [-0.1, -0.05) is 32.1 Å². The van der Waals surface area contributed by atoms with Crippen LogP contribution in [0.25, 0.3) is 0 Å². The van der Waals surface area contributed by atoms with Crippen LogP contribution >= 0.6 is 0 Å². The number of fused-ring (bicyclic) bond motifs is 16. The summed E-state index contributed by atoms with van der Waals surface area (Å²) in [5.74, 6) is -7.75. The van der Waals surface area contributed by atoms with Gasteiger partial charge in [-0.3, -0.25) is 28.8 Å². The number of aromatic hydroxyl groups is 2. The zero-order valence-corrected chi connectivity index (χ0v) is 29.7.